The number of para-hydroxylation sites is 2. The van der Waals surface area contributed by atoms with Crippen molar-refractivity contribution in [3.8, 4) is 11.4 Å². The molecule has 0 spiro atoms. The topological polar surface area (TPSA) is 81.9 Å². The third-order valence-electron chi connectivity index (χ3n) is 3.20. The van der Waals surface area contributed by atoms with Crippen LogP contribution in [0.5, 0.6) is 5.75 Å². The lowest BCUT2D eigenvalue weighted by Crippen LogP contribution is -2.14. The molecular formula is C16H17N5O2S3. The van der Waals surface area contributed by atoms with Gasteiger partial charge in [0.2, 0.25) is 11.0 Å². The summed E-state index contributed by atoms with van der Waals surface area (Å²) in [6.07, 6.45) is 3.54. The van der Waals surface area contributed by atoms with Crippen LogP contribution in [0.4, 0.5) is 5.13 Å². The zero-order valence-corrected chi connectivity index (χ0v) is 16.7. The number of rotatable bonds is 8. The molecule has 0 radical (unpaired) electrons. The fraction of sp³-hybridized carbons (Fsp3) is 0.250. The van der Waals surface area contributed by atoms with Crippen molar-refractivity contribution in [1.29, 1.82) is 0 Å². The van der Waals surface area contributed by atoms with Gasteiger partial charge in [-0.3, -0.25) is 14.7 Å². The largest absolute Gasteiger partial charge is 0.495 e. The number of hydrogen-bond acceptors (Lipinski definition) is 8. The Morgan fingerprint density at radius 3 is 2.96 bits per heavy atom. The summed E-state index contributed by atoms with van der Waals surface area (Å²) < 4.78 is 8.15. The van der Waals surface area contributed by atoms with Crippen molar-refractivity contribution in [2.24, 2.45) is 0 Å². The fourth-order valence-electron chi connectivity index (χ4n) is 2.14. The van der Waals surface area contributed by atoms with Gasteiger partial charge in [0.25, 0.3) is 0 Å². The van der Waals surface area contributed by atoms with E-state index in [1.165, 1.54) is 23.1 Å². The molecule has 0 aliphatic heterocycles. The van der Waals surface area contributed by atoms with E-state index >= 15 is 0 Å². The molecule has 10 heteroatoms. The van der Waals surface area contributed by atoms with E-state index in [1.807, 2.05) is 42.0 Å². The first-order chi connectivity index (χ1) is 12.7. The summed E-state index contributed by atoms with van der Waals surface area (Å²) in [5.41, 5.74) is 0.876. The molecule has 26 heavy (non-hydrogen) atoms. The summed E-state index contributed by atoms with van der Waals surface area (Å²) in [6.45, 7) is 2.05. The predicted molar refractivity (Wildman–Crippen MR) is 106 cm³/mol. The van der Waals surface area contributed by atoms with Gasteiger partial charge in [0, 0.05) is 12.4 Å². The summed E-state index contributed by atoms with van der Waals surface area (Å²) in [5.74, 6) is 1.74. The number of aromatic nitrogens is 4. The number of hydrogen-bond donors (Lipinski definition) is 1. The predicted octanol–water partition coefficient (Wildman–Crippen LogP) is 3.58. The Labute approximate surface area is 163 Å². The van der Waals surface area contributed by atoms with E-state index in [1.54, 1.807) is 25.1 Å². The second-order valence-corrected chi connectivity index (χ2v) is 8.33. The Kier molecular flexibility index (Phi) is 6.53. The molecule has 0 atom stereocenters. The van der Waals surface area contributed by atoms with Gasteiger partial charge in [-0.15, -0.1) is 10.2 Å². The third-order valence-corrected chi connectivity index (χ3v) is 6.03. The highest BCUT2D eigenvalue weighted by Gasteiger charge is 2.13. The van der Waals surface area contributed by atoms with E-state index < -0.39 is 0 Å². The Morgan fingerprint density at radius 1 is 1.31 bits per heavy atom. The molecule has 0 aliphatic carbocycles. The van der Waals surface area contributed by atoms with Crippen molar-refractivity contribution >= 4 is 45.9 Å². The van der Waals surface area contributed by atoms with E-state index in [2.05, 4.69) is 20.5 Å². The van der Waals surface area contributed by atoms with Crippen LogP contribution in [0, 0.1) is 0 Å². The maximum absolute atomic E-state index is 12.2. The standard InChI is InChI=1S/C16H17N5O2S3/c1-3-24-16-20-19-14(26-16)18-13(22)10-25-15-17-8-9-21(15)11-6-4-5-7-12(11)23-2/h4-9H,3,10H2,1-2H3,(H,18,19,22). The molecule has 136 valence electrons. The van der Waals surface area contributed by atoms with Crippen molar-refractivity contribution in [3.05, 3.63) is 36.7 Å². The normalized spacial score (nSPS) is 10.7. The van der Waals surface area contributed by atoms with Crippen molar-refractivity contribution in [2.75, 3.05) is 23.9 Å². The number of amides is 1. The van der Waals surface area contributed by atoms with E-state index in [0.29, 0.717) is 10.3 Å². The molecule has 0 aliphatic rings. The van der Waals surface area contributed by atoms with Gasteiger partial charge in [0.1, 0.15) is 5.75 Å². The summed E-state index contributed by atoms with van der Waals surface area (Å²) >= 11 is 4.32. The van der Waals surface area contributed by atoms with Crippen molar-refractivity contribution in [1.82, 2.24) is 19.7 Å². The molecule has 3 aromatic rings. The quantitative estimate of drug-likeness (QED) is 0.451. The highest BCUT2D eigenvalue weighted by atomic mass is 32.2. The number of ether oxygens (including phenoxy) is 1. The number of thioether (sulfide) groups is 2. The number of imidazole rings is 1. The van der Waals surface area contributed by atoms with E-state index in [0.717, 1.165) is 21.5 Å². The lowest BCUT2D eigenvalue weighted by Gasteiger charge is -2.11. The van der Waals surface area contributed by atoms with Crippen molar-refractivity contribution < 1.29 is 9.53 Å². The van der Waals surface area contributed by atoms with Crippen molar-refractivity contribution in [2.45, 2.75) is 16.4 Å². The van der Waals surface area contributed by atoms with Gasteiger partial charge in [-0.25, -0.2) is 4.98 Å². The van der Waals surface area contributed by atoms with Gasteiger partial charge in [-0.2, -0.15) is 0 Å². The van der Waals surface area contributed by atoms with Crippen molar-refractivity contribution in [3.63, 3.8) is 0 Å². The molecule has 2 heterocycles. The first-order valence-electron chi connectivity index (χ1n) is 7.77. The summed E-state index contributed by atoms with van der Waals surface area (Å²) in [4.78, 5) is 16.5. The van der Waals surface area contributed by atoms with Crippen LogP contribution < -0.4 is 10.1 Å². The van der Waals surface area contributed by atoms with Gasteiger partial charge >= 0.3 is 0 Å². The zero-order chi connectivity index (χ0) is 18.4. The molecule has 1 amide bonds. The van der Waals surface area contributed by atoms with Gasteiger partial charge in [0.15, 0.2) is 9.50 Å². The smallest absolute Gasteiger partial charge is 0.236 e. The number of nitrogens with one attached hydrogen (secondary N) is 1. The summed E-state index contributed by atoms with van der Waals surface area (Å²) in [5, 5.41) is 12.0. The fourth-order valence-corrected chi connectivity index (χ4v) is 4.57. The molecule has 1 N–H and O–H groups in total. The van der Waals surface area contributed by atoms with Crippen LogP contribution in [0.3, 0.4) is 0 Å². The van der Waals surface area contributed by atoms with Gasteiger partial charge in [0.05, 0.1) is 18.6 Å². The van der Waals surface area contributed by atoms with Crippen LogP contribution in [0.25, 0.3) is 5.69 Å². The van der Waals surface area contributed by atoms with Gasteiger partial charge in [-0.05, 0) is 17.9 Å². The summed E-state index contributed by atoms with van der Waals surface area (Å²) in [7, 11) is 1.63. The molecule has 7 nitrogen and oxygen atoms in total. The molecule has 0 unspecified atom stereocenters. The third kappa shape index (κ3) is 4.57. The van der Waals surface area contributed by atoms with Crippen LogP contribution >= 0.6 is 34.9 Å². The summed E-state index contributed by atoms with van der Waals surface area (Å²) in [6, 6.07) is 7.67. The number of benzene rings is 1. The Hall–Kier alpha value is -2.04. The molecule has 0 saturated carbocycles. The Bertz CT molecular complexity index is 880. The van der Waals surface area contributed by atoms with Gasteiger partial charge < -0.3 is 4.74 Å². The lowest BCUT2D eigenvalue weighted by atomic mass is 10.3. The average Bonchev–Trinajstić information content (AvgIpc) is 3.29. The van der Waals surface area contributed by atoms with Crippen LogP contribution in [0.1, 0.15) is 6.92 Å². The minimum atomic E-state index is -0.145. The first-order valence-corrected chi connectivity index (χ1v) is 10.6. The SMILES string of the molecule is CCSc1nnc(NC(=O)CSc2nccn2-c2ccccc2OC)s1. The second kappa shape index (κ2) is 9.06. The van der Waals surface area contributed by atoms with Gasteiger partial charge in [-0.1, -0.05) is 53.9 Å². The number of carbonyl (C=O) groups excluding carboxylic acids is 1. The number of carbonyl (C=O) groups is 1. The minimum Gasteiger partial charge on any atom is -0.495 e. The number of anilines is 1. The lowest BCUT2D eigenvalue weighted by molar-refractivity contribution is -0.113. The average molecular weight is 408 g/mol. The van der Waals surface area contributed by atoms with E-state index in [-0.39, 0.29) is 11.7 Å². The monoisotopic (exact) mass is 407 g/mol. The Morgan fingerprint density at radius 2 is 2.15 bits per heavy atom. The van der Waals surface area contributed by atoms with Crippen LogP contribution in [0.2, 0.25) is 0 Å². The minimum absolute atomic E-state index is 0.145. The molecule has 1 aromatic carbocycles. The molecule has 0 saturated heterocycles. The first kappa shape index (κ1) is 18.7. The molecule has 0 bridgehead atoms. The number of nitrogens with zero attached hydrogens (tertiary/aromatic N) is 4. The maximum atomic E-state index is 12.2. The molecule has 2 aromatic heterocycles. The highest BCUT2D eigenvalue weighted by molar-refractivity contribution is 8.01. The number of methoxy groups -OCH3 is 1. The highest BCUT2D eigenvalue weighted by Crippen LogP contribution is 2.28. The molecular weight excluding hydrogens is 390 g/mol. The Balaban J connectivity index is 1.63. The molecule has 0 fully saturated rings. The zero-order valence-electron chi connectivity index (χ0n) is 14.2. The van der Waals surface area contributed by atoms with Crippen LogP contribution in [-0.2, 0) is 4.79 Å². The van der Waals surface area contributed by atoms with E-state index in [4.69, 9.17) is 4.74 Å². The second-order valence-electron chi connectivity index (χ2n) is 4.89. The van der Waals surface area contributed by atoms with Crippen LogP contribution in [0.15, 0.2) is 46.2 Å². The van der Waals surface area contributed by atoms with Crippen LogP contribution in [-0.4, -0.2) is 44.3 Å². The van der Waals surface area contributed by atoms with E-state index in [9.17, 15) is 4.79 Å². The molecule has 3 rings (SSSR count). The maximum Gasteiger partial charge on any atom is 0.236 e.